The van der Waals surface area contributed by atoms with E-state index in [-0.39, 0.29) is 5.91 Å². The van der Waals surface area contributed by atoms with E-state index < -0.39 is 0 Å². The van der Waals surface area contributed by atoms with Gasteiger partial charge >= 0.3 is 0 Å². The largest absolute Gasteiger partial charge is 0.365 e. The molecule has 100 valence electrons. The van der Waals surface area contributed by atoms with E-state index in [9.17, 15) is 4.79 Å². The molecule has 18 heavy (non-hydrogen) atoms. The maximum atomic E-state index is 11.6. The summed E-state index contributed by atoms with van der Waals surface area (Å²) >= 11 is 0. The molecule has 0 spiro atoms. The van der Waals surface area contributed by atoms with Gasteiger partial charge in [-0.1, -0.05) is 19.1 Å². The van der Waals surface area contributed by atoms with Crippen molar-refractivity contribution in [1.29, 1.82) is 0 Å². The number of benzene rings is 1. The summed E-state index contributed by atoms with van der Waals surface area (Å²) in [6.45, 7) is 4.35. The fraction of sp³-hybridized carbons (Fsp3) is 0.500. The minimum absolute atomic E-state index is 0.106. The van der Waals surface area contributed by atoms with Crippen LogP contribution in [0.1, 0.15) is 12.5 Å². The molecule has 4 heteroatoms. The van der Waals surface area contributed by atoms with Crippen molar-refractivity contribution >= 4 is 11.6 Å². The van der Waals surface area contributed by atoms with Gasteiger partial charge in [-0.2, -0.15) is 0 Å². The summed E-state index contributed by atoms with van der Waals surface area (Å²) in [5.74, 6) is 0.106. The molecule has 0 aliphatic heterocycles. The van der Waals surface area contributed by atoms with Crippen LogP contribution in [0.4, 0.5) is 5.69 Å². The first-order valence-corrected chi connectivity index (χ1v) is 6.25. The first-order chi connectivity index (χ1) is 8.54. The maximum Gasteiger partial charge on any atom is 0.241 e. The van der Waals surface area contributed by atoms with Gasteiger partial charge in [-0.25, -0.2) is 0 Å². The van der Waals surface area contributed by atoms with Gasteiger partial charge in [0.25, 0.3) is 0 Å². The lowest BCUT2D eigenvalue weighted by atomic mass is 10.2. The Morgan fingerprint density at radius 3 is 2.28 bits per heavy atom. The van der Waals surface area contributed by atoms with Crippen LogP contribution in [0, 0.1) is 0 Å². The molecule has 0 saturated heterocycles. The Hall–Kier alpha value is -1.55. The molecule has 0 fully saturated rings. The molecule has 0 saturated carbocycles. The van der Waals surface area contributed by atoms with Gasteiger partial charge in [0.2, 0.25) is 5.91 Å². The van der Waals surface area contributed by atoms with Gasteiger partial charge in [-0.05, 0) is 24.2 Å². The van der Waals surface area contributed by atoms with Gasteiger partial charge in [0.15, 0.2) is 0 Å². The van der Waals surface area contributed by atoms with Crippen molar-refractivity contribution in [3.63, 3.8) is 0 Å². The second kappa shape index (κ2) is 7.01. The highest BCUT2D eigenvalue weighted by molar-refractivity contribution is 5.80. The summed E-state index contributed by atoms with van der Waals surface area (Å²) in [4.78, 5) is 15.2. The second-order valence-electron chi connectivity index (χ2n) is 4.59. The van der Waals surface area contributed by atoms with Crippen LogP contribution in [0.2, 0.25) is 0 Å². The van der Waals surface area contributed by atoms with Crippen molar-refractivity contribution in [3.05, 3.63) is 29.8 Å². The van der Waals surface area contributed by atoms with E-state index in [1.807, 2.05) is 11.9 Å². The number of carbonyl (C=O) groups excluding carboxylic acids is 1. The Bertz CT molecular complexity index is 373. The van der Waals surface area contributed by atoms with Crippen molar-refractivity contribution in [2.45, 2.75) is 13.5 Å². The average molecular weight is 249 g/mol. The molecule has 1 amide bonds. The molecule has 1 N–H and O–H groups in total. The molecule has 4 nitrogen and oxygen atoms in total. The van der Waals surface area contributed by atoms with Crippen LogP contribution in [0.5, 0.6) is 0 Å². The van der Waals surface area contributed by atoms with Crippen molar-refractivity contribution in [1.82, 2.24) is 10.2 Å². The van der Waals surface area contributed by atoms with Crippen LogP contribution in [-0.4, -0.2) is 45.0 Å². The smallest absolute Gasteiger partial charge is 0.241 e. The van der Waals surface area contributed by atoms with Crippen LogP contribution >= 0.6 is 0 Å². The number of nitrogens with zero attached hydrogens (tertiary/aromatic N) is 2. The normalized spacial score (nSPS) is 10.2. The molecular weight excluding hydrogens is 226 g/mol. The van der Waals surface area contributed by atoms with Crippen LogP contribution < -0.4 is 10.2 Å². The van der Waals surface area contributed by atoms with Crippen molar-refractivity contribution < 1.29 is 4.79 Å². The molecule has 0 radical (unpaired) electrons. The predicted octanol–water partition coefficient (Wildman–Crippen LogP) is 1.32. The van der Waals surface area contributed by atoms with Gasteiger partial charge < -0.3 is 15.1 Å². The summed E-state index contributed by atoms with van der Waals surface area (Å²) < 4.78 is 0. The molecule has 0 unspecified atom stereocenters. The van der Waals surface area contributed by atoms with Crippen LogP contribution in [0.25, 0.3) is 0 Å². The highest BCUT2D eigenvalue weighted by Gasteiger charge is 2.08. The average Bonchev–Trinajstić information content (AvgIpc) is 2.36. The van der Waals surface area contributed by atoms with Gasteiger partial charge in [0.1, 0.15) is 0 Å². The zero-order valence-electron chi connectivity index (χ0n) is 11.7. The Morgan fingerprint density at radius 1 is 1.17 bits per heavy atom. The molecule has 1 aromatic carbocycles. The predicted molar refractivity (Wildman–Crippen MR) is 75.8 cm³/mol. The Labute approximate surface area is 110 Å². The third kappa shape index (κ3) is 4.37. The quantitative estimate of drug-likeness (QED) is 0.826. The van der Waals surface area contributed by atoms with Gasteiger partial charge in [0.05, 0.1) is 6.54 Å². The van der Waals surface area contributed by atoms with E-state index >= 15 is 0 Å². The number of carbonyl (C=O) groups is 1. The molecule has 0 heterocycles. The lowest BCUT2D eigenvalue weighted by Gasteiger charge is -2.21. The van der Waals surface area contributed by atoms with Gasteiger partial charge in [-0.3, -0.25) is 4.79 Å². The van der Waals surface area contributed by atoms with Crippen molar-refractivity contribution in [3.8, 4) is 0 Å². The zero-order chi connectivity index (χ0) is 13.5. The third-order valence-electron chi connectivity index (χ3n) is 2.83. The zero-order valence-corrected chi connectivity index (χ0v) is 11.7. The molecule has 0 aliphatic carbocycles. The van der Waals surface area contributed by atoms with E-state index in [0.717, 1.165) is 18.8 Å². The number of hydrogen-bond acceptors (Lipinski definition) is 3. The maximum absolute atomic E-state index is 11.6. The van der Waals surface area contributed by atoms with Crippen LogP contribution in [-0.2, 0) is 11.3 Å². The summed E-state index contributed by atoms with van der Waals surface area (Å²) in [6.07, 6.45) is 0. The lowest BCUT2D eigenvalue weighted by molar-refractivity contribution is -0.127. The summed E-state index contributed by atoms with van der Waals surface area (Å²) in [6, 6.07) is 8.29. The van der Waals surface area contributed by atoms with E-state index in [4.69, 9.17) is 0 Å². The molecule has 1 aromatic rings. The van der Waals surface area contributed by atoms with E-state index in [2.05, 4.69) is 36.5 Å². The minimum Gasteiger partial charge on any atom is -0.365 e. The Morgan fingerprint density at radius 2 is 1.78 bits per heavy atom. The Kier molecular flexibility index (Phi) is 5.65. The van der Waals surface area contributed by atoms with Gasteiger partial charge in [0, 0.05) is 33.4 Å². The van der Waals surface area contributed by atoms with E-state index in [1.165, 1.54) is 5.56 Å². The third-order valence-corrected chi connectivity index (χ3v) is 2.83. The monoisotopic (exact) mass is 249 g/mol. The highest BCUT2D eigenvalue weighted by Crippen LogP contribution is 2.13. The summed E-state index contributed by atoms with van der Waals surface area (Å²) in [7, 11) is 5.48. The first-order valence-electron chi connectivity index (χ1n) is 6.25. The number of amides is 1. The first kappa shape index (κ1) is 14.5. The Balaban J connectivity index is 2.58. The number of likely N-dealkylation sites (N-methyl/N-ethyl adjacent to an activating group) is 2. The number of rotatable bonds is 6. The molecule has 0 aliphatic rings. The fourth-order valence-corrected chi connectivity index (χ4v) is 1.57. The minimum atomic E-state index is 0.106. The fourth-order valence-electron chi connectivity index (χ4n) is 1.57. The molecule has 1 rings (SSSR count). The number of nitrogens with one attached hydrogen (secondary N) is 1. The highest BCUT2D eigenvalue weighted by atomic mass is 16.2. The number of hydrogen-bond donors (Lipinski definition) is 1. The van der Waals surface area contributed by atoms with Gasteiger partial charge in [-0.15, -0.1) is 0 Å². The molecule has 0 bridgehead atoms. The summed E-state index contributed by atoms with van der Waals surface area (Å²) in [5, 5.41) is 3.29. The van der Waals surface area contributed by atoms with Crippen LogP contribution in [0.3, 0.4) is 0 Å². The summed E-state index contributed by atoms with van der Waals surface area (Å²) in [5.41, 5.74) is 2.32. The molecular formula is C14H23N3O. The molecule has 0 aromatic heterocycles. The SMILES string of the molecule is CCNCc1ccc(N(C)CC(=O)N(C)C)cc1. The van der Waals surface area contributed by atoms with Crippen molar-refractivity contribution in [2.75, 3.05) is 39.1 Å². The van der Waals surface area contributed by atoms with Crippen molar-refractivity contribution in [2.24, 2.45) is 0 Å². The lowest BCUT2D eigenvalue weighted by Crippen LogP contribution is -2.34. The topological polar surface area (TPSA) is 35.6 Å². The van der Waals surface area contributed by atoms with E-state index in [0.29, 0.717) is 6.54 Å². The standard InChI is InChI=1S/C14H23N3O/c1-5-15-10-12-6-8-13(9-7-12)17(4)11-14(18)16(2)3/h6-9,15H,5,10-11H2,1-4H3. The second-order valence-corrected chi connectivity index (χ2v) is 4.59. The van der Waals surface area contributed by atoms with Crippen LogP contribution in [0.15, 0.2) is 24.3 Å². The van der Waals surface area contributed by atoms with E-state index in [1.54, 1.807) is 19.0 Å². The molecule has 0 atom stereocenters. The number of anilines is 1.